The van der Waals surface area contributed by atoms with Gasteiger partial charge in [-0.15, -0.1) is 22.9 Å². The normalized spacial score (nSPS) is 17.8. The molecule has 1 unspecified atom stereocenters. The van der Waals surface area contributed by atoms with Gasteiger partial charge in [-0.2, -0.15) is 0 Å². The standard InChI is InChI=1S/C36H32ClN7O6S/c1-18-17-51-33-24(30-16-41(2)7-8-42(30)36(47)48)13-29-32(31(18)33)21(14-37)15-43(29)35(46)28-12-19-9-22(3-5-25(19)40-28)38-34(45)27-11-20-10-23(44(49)50)4-6-26(20)39-27/h3-6,9-13,17,21,30,39-40H,7-8,14-16H2,1-2H3,(H,38,45)(H,47,48)/t21-,30?/m0/s1. The zero-order valence-corrected chi connectivity index (χ0v) is 29.1. The van der Waals surface area contributed by atoms with Crippen LogP contribution >= 0.6 is 22.9 Å². The Bertz CT molecular complexity index is 2440. The molecule has 3 aromatic carbocycles. The second-order valence-corrected chi connectivity index (χ2v) is 14.4. The van der Waals surface area contributed by atoms with Gasteiger partial charge in [0.1, 0.15) is 11.4 Å². The van der Waals surface area contributed by atoms with Gasteiger partial charge in [0, 0.05) is 93.4 Å². The van der Waals surface area contributed by atoms with Crippen molar-refractivity contribution in [2.24, 2.45) is 0 Å². The number of nitrogens with one attached hydrogen (secondary N) is 3. The zero-order valence-electron chi connectivity index (χ0n) is 27.5. The van der Waals surface area contributed by atoms with Gasteiger partial charge in [-0.1, -0.05) is 0 Å². The summed E-state index contributed by atoms with van der Waals surface area (Å²) < 4.78 is 1.02. The minimum absolute atomic E-state index is 0.0653. The van der Waals surface area contributed by atoms with E-state index in [2.05, 4.69) is 25.6 Å². The molecule has 3 aromatic heterocycles. The number of carbonyl (C=O) groups is 3. The van der Waals surface area contributed by atoms with Crippen LogP contribution in [0.3, 0.4) is 0 Å². The van der Waals surface area contributed by atoms with E-state index < -0.39 is 23.0 Å². The molecule has 51 heavy (non-hydrogen) atoms. The topological polar surface area (TPSA) is 168 Å². The van der Waals surface area contributed by atoms with E-state index >= 15 is 0 Å². The van der Waals surface area contributed by atoms with Crippen molar-refractivity contribution in [1.82, 2.24) is 19.8 Å². The highest BCUT2D eigenvalue weighted by Crippen LogP contribution is 2.49. The molecule has 6 aromatic rings. The van der Waals surface area contributed by atoms with Crippen LogP contribution in [0.25, 0.3) is 31.9 Å². The van der Waals surface area contributed by atoms with Gasteiger partial charge >= 0.3 is 6.09 Å². The summed E-state index contributed by atoms with van der Waals surface area (Å²) in [5.41, 5.74) is 6.05. The molecule has 2 atom stereocenters. The van der Waals surface area contributed by atoms with Crippen molar-refractivity contribution in [1.29, 1.82) is 0 Å². The van der Waals surface area contributed by atoms with E-state index in [9.17, 15) is 29.6 Å². The van der Waals surface area contributed by atoms with Gasteiger partial charge in [0.2, 0.25) is 0 Å². The first-order valence-corrected chi connectivity index (χ1v) is 17.7. The lowest BCUT2D eigenvalue weighted by molar-refractivity contribution is -0.384. The molecule has 8 rings (SSSR count). The van der Waals surface area contributed by atoms with Crippen molar-refractivity contribution >= 4 is 89.8 Å². The fourth-order valence-electron chi connectivity index (χ4n) is 7.46. The molecule has 0 radical (unpaired) electrons. The molecule has 0 bridgehead atoms. The van der Waals surface area contributed by atoms with E-state index in [-0.39, 0.29) is 23.2 Å². The monoisotopic (exact) mass is 725 g/mol. The number of anilines is 2. The molecule has 2 aliphatic rings. The average molecular weight is 726 g/mol. The minimum atomic E-state index is -0.970. The van der Waals surface area contributed by atoms with Crippen molar-refractivity contribution in [3.8, 4) is 0 Å². The Morgan fingerprint density at radius 2 is 1.75 bits per heavy atom. The predicted octanol–water partition coefficient (Wildman–Crippen LogP) is 7.28. The summed E-state index contributed by atoms with van der Waals surface area (Å²) in [6.45, 7) is 3.98. The van der Waals surface area contributed by atoms with Crippen LogP contribution in [-0.2, 0) is 0 Å². The van der Waals surface area contributed by atoms with Crippen molar-refractivity contribution < 1.29 is 24.4 Å². The molecule has 15 heteroatoms. The fourth-order valence-corrected chi connectivity index (χ4v) is 8.85. The number of nitro groups is 1. The van der Waals surface area contributed by atoms with Crippen LogP contribution in [0.1, 0.15) is 49.6 Å². The van der Waals surface area contributed by atoms with Crippen LogP contribution < -0.4 is 10.2 Å². The van der Waals surface area contributed by atoms with Gasteiger partial charge in [0.25, 0.3) is 17.5 Å². The van der Waals surface area contributed by atoms with Gasteiger partial charge in [0.05, 0.1) is 11.0 Å². The van der Waals surface area contributed by atoms with Gasteiger partial charge in [0.15, 0.2) is 0 Å². The van der Waals surface area contributed by atoms with Crippen LogP contribution in [0.5, 0.6) is 0 Å². The maximum Gasteiger partial charge on any atom is 0.407 e. The maximum absolute atomic E-state index is 14.3. The molecule has 13 nitrogen and oxygen atoms in total. The van der Waals surface area contributed by atoms with Crippen LogP contribution in [0, 0.1) is 17.0 Å². The number of likely N-dealkylation sites (N-methyl/N-ethyl adjacent to an activating group) is 1. The fraction of sp³-hybridized carbons (Fsp3) is 0.250. The Labute approximate surface area is 299 Å². The number of benzene rings is 3. The number of nitro benzene ring substituents is 1. The van der Waals surface area contributed by atoms with Crippen LogP contribution in [0.4, 0.5) is 21.9 Å². The Morgan fingerprint density at radius 3 is 2.49 bits per heavy atom. The van der Waals surface area contributed by atoms with Crippen LogP contribution in [0.15, 0.2) is 60.0 Å². The second kappa shape index (κ2) is 12.4. The number of hydrogen-bond donors (Lipinski definition) is 4. The third-order valence-corrected chi connectivity index (χ3v) is 11.5. The molecule has 0 aliphatic carbocycles. The molecular weight excluding hydrogens is 694 g/mol. The molecule has 1 fully saturated rings. The number of halogens is 1. The number of nitrogens with zero attached hydrogens (tertiary/aromatic N) is 4. The van der Waals surface area contributed by atoms with Gasteiger partial charge in [-0.05, 0) is 78.5 Å². The van der Waals surface area contributed by atoms with Gasteiger partial charge in [-0.25, -0.2) is 4.79 Å². The summed E-state index contributed by atoms with van der Waals surface area (Å²) in [5.74, 6) is -0.456. The van der Waals surface area contributed by atoms with Crippen molar-refractivity contribution in [2.75, 3.05) is 49.3 Å². The molecule has 1 saturated heterocycles. The minimum Gasteiger partial charge on any atom is -0.465 e. The predicted molar refractivity (Wildman–Crippen MR) is 198 cm³/mol. The quantitative estimate of drug-likeness (QED) is 0.0795. The van der Waals surface area contributed by atoms with E-state index in [4.69, 9.17) is 11.6 Å². The van der Waals surface area contributed by atoms with Gasteiger partial charge < -0.3 is 30.2 Å². The van der Waals surface area contributed by atoms with Crippen molar-refractivity contribution in [2.45, 2.75) is 18.9 Å². The molecule has 5 heterocycles. The van der Waals surface area contributed by atoms with Crippen molar-refractivity contribution in [3.05, 3.63) is 98.2 Å². The molecular formula is C36H32ClN7O6S. The summed E-state index contributed by atoms with van der Waals surface area (Å²) in [4.78, 5) is 62.1. The first-order chi connectivity index (χ1) is 24.5. The lowest BCUT2D eigenvalue weighted by Gasteiger charge is -2.39. The number of rotatable bonds is 6. The molecule has 0 saturated carbocycles. The Kier molecular flexibility index (Phi) is 7.96. The van der Waals surface area contributed by atoms with Crippen LogP contribution in [-0.4, -0.2) is 86.8 Å². The molecule has 260 valence electrons. The Balaban J connectivity index is 1.11. The highest BCUT2D eigenvalue weighted by Gasteiger charge is 2.39. The summed E-state index contributed by atoms with van der Waals surface area (Å²) in [7, 11) is 1.99. The highest BCUT2D eigenvalue weighted by molar-refractivity contribution is 7.17. The number of hydrogen-bond acceptors (Lipinski definition) is 7. The number of H-pyrrole nitrogens is 2. The smallest absolute Gasteiger partial charge is 0.407 e. The summed E-state index contributed by atoms with van der Waals surface area (Å²) in [5, 5.41) is 28.5. The molecule has 0 spiro atoms. The largest absolute Gasteiger partial charge is 0.465 e. The number of non-ortho nitro benzene ring substituents is 1. The summed E-state index contributed by atoms with van der Waals surface area (Å²) in [6.07, 6.45) is -0.970. The summed E-state index contributed by atoms with van der Waals surface area (Å²) >= 11 is 8.15. The van der Waals surface area contributed by atoms with Gasteiger partial charge in [-0.3, -0.25) is 24.6 Å². The number of alkyl halides is 1. The number of carbonyl (C=O) groups excluding carboxylic acids is 2. The lowest BCUT2D eigenvalue weighted by atomic mass is 9.92. The number of thiophene rings is 1. The number of amides is 3. The highest BCUT2D eigenvalue weighted by atomic mass is 35.5. The molecule has 3 amide bonds. The van der Waals surface area contributed by atoms with E-state index in [0.717, 1.165) is 32.5 Å². The third-order valence-electron chi connectivity index (χ3n) is 9.97. The first kappa shape index (κ1) is 32.7. The number of aromatic nitrogens is 2. The van der Waals surface area contributed by atoms with Crippen molar-refractivity contribution in [3.63, 3.8) is 0 Å². The number of aromatic amines is 2. The molecule has 4 N–H and O–H groups in total. The van der Waals surface area contributed by atoms with E-state index in [1.807, 2.05) is 20.0 Å². The van der Waals surface area contributed by atoms with E-state index in [1.54, 1.807) is 52.6 Å². The van der Waals surface area contributed by atoms with E-state index in [1.165, 1.54) is 17.0 Å². The Hall–Kier alpha value is -5.44. The Morgan fingerprint density at radius 1 is 1.02 bits per heavy atom. The third kappa shape index (κ3) is 5.55. The molecule has 2 aliphatic heterocycles. The maximum atomic E-state index is 14.3. The van der Waals surface area contributed by atoms with E-state index in [0.29, 0.717) is 65.2 Å². The zero-order chi connectivity index (χ0) is 35.7. The lowest BCUT2D eigenvalue weighted by Crippen LogP contribution is -2.48. The second-order valence-electron chi connectivity index (χ2n) is 13.2. The summed E-state index contributed by atoms with van der Waals surface area (Å²) in [6, 6.07) is 14.5. The number of fused-ring (bicyclic) bond motifs is 5. The number of piperazine rings is 1. The number of carboxylic acid groups (broad SMARTS) is 1. The van der Waals surface area contributed by atoms with Crippen LogP contribution in [0.2, 0.25) is 0 Å². The average Bonchev–Trinajstić information content (AvgIpc) is 3.90. The SMILES string of the molecule is Cc1csc2c(C3CN(C)CCN3C(=O)O)cc3c(c12)[C@@H](CCl)CN3C(=O)c1cc2cc(NC(=O)c3cc4cc([N+](=O)[O-])ccc4[nH]3)ccc2[nH]1. The first-order valence-electron chi connectivity index (χ1n) is 16.3. The number of aryl methyl sites for hydroxylation is 1.